The summed E-state index contributed by atoms with van der Waals surface area (Å²) in [4.78, 5) is 17.2. The minimum Gasteiger partial charge on any atom is -0.398 e. The number of nitrogens with zero attached hydrogens (tertiary/aromatic N) is 2. The highest BCUT2D eigenvalue weighted by atomic mass is 35.5. The fourth-order valence-corrected chi connectivity index (χ4v) is 3.96. The molecule has 130 valence electrons. The lowest BCUT2D eigenvalue weighted by Gasteiger charge is -2.30. The predicted molar refractivity (Wildman–Crippen MR) is 98.9 cm³/mol. The van der Waals surface area contributed by atoms with Crippen LogP contribution in [-0.4, -0.2) is 37.2 Å². The fourth-order valence-electron chi connectivity index (χ4n) is 2.34. The van der Waals surface area contributed by atoms with Crippen LogP contribution >= 0.6 is 23.4 Å². The first-order valence-corrected chi connectivity index (χ1v) is 9.06. The molecule has 0 spiro atoms. The monoisotopic (exact) mass is 368 g/mol. The van der Waals surface area contributed by atoms with Gasteiger partial charge in [0.25, 0.3) is 0 Å². The average Bonchev–Trinajstić information content (AvgIpc) is 2.92. The molecule has 7 heteroatoms. The minimum absolute atomic E-state index is 0.207. The van der Waals surface area contributed by atoms with Crippen molar-refractivity contribution in [2.75, 3.05) is 20.3 Å². The summed E-state index contributed by atoms with van der Waals surface area (Å²) in [5, 5.41) is 4.24. The molecule has 1 N–H and O–H groups in total. The number of rotatable bonds is 6. The van der Waals surface area contributed by atoms with Crippen LogP contribution in [0.25, 0.3) is 0 Å². The molecule has 24 heavy (non-hydrogen) atoms. The van der Waals surface area contributed by atoms with Gasteiger partial charge in [0.1, 0.15) is 5.70 Å². The van der Waals surface area contributed by atoms with Gasteiger partial charge in [0.05, 0.1) is 6.54 Å². The molecule has 1 unspecified atom stereocenters. The Morgan fingerprint density at radius 2 is 2.21 bits per heavy atom. The number of allylic oxidation sites excluding steroid dienone is 1. The van der Waals surface area contributed by atoms with Crippen LogP contribution in [0.1, 0.15) is 20.8 Å². The molecule has 0 aliphatic carbocycles. The molecule has 1 heterocycles. The zero-order chi connectivity index (χ0) is 17.7. The van der Waals surface area contributed by atoms with Crippen LogP contribution in [0.4, 0.5) is 4.79 Å². The summed E-state index contributed by atoms with van der Waals surface area (Å²) in [6.45, 7) is 7.22. The SMILES string of the molecule is CC[N+]1(COC(=O)NC)C=NC(C(C)C)=C1Sc1cccc(Cl)c1. The quantitative estimate of drug-likeness (QED) is 0.754. The van der Waals surface area contributed by atoms with E-state index in [0.29, 0.717) is 9.51 Å². The van der Waals surface area contributed by atoms with Crippen LogP contribution in [0.3, 0.4) is 0 Å². The predicted octanol–water partition coefficient (Wildman–Crippen LogP) is 4.45. The smallest absolute Gasteiger partial charge is 0.398 e. The summed E-state index contributed by atoms with van der Waals surface area (Å²) in [5.74, 6) is 0.273. The molecule has 0 saturated carbocycles. The number of hydrogen-bond acceptors (Lipinski definition) is 4. The minimum atomic E-state index is -0.445. The zero-order valence-corrected chi connectivity index (χ0v) is 15.9. The second kappa shape index (κ2) is 8.05. The van der Waals surface area contributed by atoms with Gasteiger partial charge >= 0.3 is 6.09 Å². The van der Waals surface area contributed by atoms with Crippen molar-refractivity contribution in [1.82, 2.24) is 5.32 Å². The van der Waals surface area contributed by atoms with E-state index < -0.39 is 6.09 Å². The molecule has 1 aliphatic heterocycles. The molecule has 2 rings (SSSR count). The van der Waals surface area contributed by atoms with Gasteiger partial charge in [-0.15, -0.1) is 0 Å². The van der Waals surface area contributed by atoms with Gasteiger partial charge in [-0.05, 0) is 36.9 Å². The standard InChI is InChI=1S/C17H22ClN3O2S/c1-5-21(11-23-17(22)19-4)10-20-15(12(2)3)16(21)24-14-8-6-7-13(18)9-14/h6-10,12H,5,11H2,1-4H3/p+1. The third-order valence-electron chi connectivity index (χ3n) is 3.79. The number of nitrogens with one attached hydrogen (secondary N) is 1. The second-order valence-corrected chi connectivity index (χ2v) is 7.31. The number of thioether (sulfide) groups is 1. The molecule has 0 aromatic heterocycles. The molecule has 1 aliphatic rings. The fraction of sp³-hybridized carbons (Fsp3) is 0.412. The molecule has 0 radical (unpaired) electrons. The number of carbonyl (C=O) groups is 1. The maximum atomic E-state index is 11.5. The van der Waals surface area contributed by atoms with Crippen molar-refractivity contribution in [3.8, 4) is 0 Å². The molecule has 0 bridgehead atoms. The van der Waals surface area contributed by atoms with Gasteiger partial charge in [-0.25, -0.2) is 14.3 Å². The number of benzene rings is 1. The lowest BCUT2D eigenvalue weighted by atomic mass is 10.1. The van der Waals surface area contributed by atoms with Crippen molar-refractivity contribution in [3.05, 3.63) is 40.0 Å². The maximum Gasteiger partial charge on any atom is 0.411 e. The summed E-state index contributed by atoms with van der Waals surface area (Å²) in [7, 11) is 1.55. The van der Waals surface area contributed by atoms with Crippen molar-refractivity contribution < 1.29 is 14.0 Å². The maximum absolute atomic E-state index is 11.5. The molecule has 0 saturated heterocycles. The number of hydrogen-bond donors (Lipinski definition) is 1. The normalized spacial score (nSPS) is 19.9. The van der Waals surface area contributed by atoms with Crippen molar-refractivity contribution in [2.45, 2.75) is 25.7 Å². The van der Waals surface area contributed by atoms with Crippen molar-refractivity contribution in [2.24, 2.45) is 10.9 Å². The molecule has 1 atom stereocenters. The number of aliphatic imine (C=N–C) groups is 1. The van der Waals surface area contributed by atoms with E-state index in [-0.39, 0.29) is 12.6 Å². The van der Waals surface area contributed by atoms with E-state index >= 15 is 0 Å². The van der Waals surface area contributed by atoms with Crippen molar-refractivity contribution >= 4 is 35.8 Å². The highest BCUT2D eigenvalue weighted by Crippen LogP contribution is 2.42. The van der Waals surface area contributed by atoms with E-state index in [1.807, 2.05) is 30.6 Å². The highest BCUT2D eigenvalue weighted by Gasteiger charge is 2.40. The topological polar surface area (TPSA) is 50.7 Å². The summed E-state index contributed by atoms with van der Waals surface area (Å²) < 4.78 is 5.73. The number of carbonyl (C=O) groups excluding carboxylic acids is 1. The van der Waals surface area contributed by atoms with Gasteiger partial charge in [0.15, 0.2) is 6.34 Å². The Morgan fingerprint density at radius 1 is 1.46 bits per heavy atom. The van der Waals surface area contributed by atoms with Crippen LogP contribution < -0.4 is 5.32 Å². The van der Waals surface area contributed by atoms with E-state index in [9.17, 15) is 4.79 Å². The zero-order valence-electron chi connectivity index (χ0n) is 14.4. The van der Waals surface area contributed by atoms with Crippen LogP contribution in [0.2, 0.25) is 5.02 Å². The van der Waals surface area contributed by atoms with E-state index in [4.69, 9.17) is 16.3 Å². The Balaban J connectivity index is 2.35. The Labute approximate surface area is 152 Å². The Kier molecular flexibility index (Phi) is 6.32. The molecular formula is C17H23ClN3O2S+. The molecule has 5 nitrogen and oxygen atoms in total. The second-order valence-electron chi connectivity index (χ2n) is 5.81. The van der Waals surface area contributed by atoms with Crippen LogP contribution in [0.5, 0.6) is 0 Å². The third-order valence-corrected chi connectivity index (χ3v) is 5.28. The summed E-state index contributed by atoms with van der Waals surface area (Å²) in [6.07, 6.45) is 1.42. The molecule has 1 amide bonds. The molecular weight excluding hydrogens is 346 g/mol. The first kappa shape index (κ1) is 18.8. The number of ether oxygens (including phenoxy) is 1. The lowest BCUT2D eigenvalue weighted by molar-refractivity contribution is -0.803. The third kappa shape index (κ3) is 4.12. The van der Waals surface area contributed by atoms with Crippen molar-refractivity contribution in [1.29, 1.82) is 0 Å². The van der Waals surface area contributed by atoms with Gasteiger partial charge in [0.2, 0.25) is 11.8 Å². The van der Waals surface area contributed by atoms with Gasteiger partial charge in [-0.2, -0.15) is 0 Å². The van der Waals surface area contributed by atoms with Crippen LogP contribution in [0, 0.1) is 5.92 Å². The van der Waals surface area contributed by atoms with E-state index in [1.54, 1.807) is 18.8 Å². The lowest BCUT2D eigenvalue weighted by Crippen LogP contribution is -2.46. The average molecular weight is 369 g/mol. The number of halogens is 1. The van der Waals surface area contributed by atoms with Gasteiger partial charge in [0, 0.05) is 22.9 Å². The van der Waals surface area contributed by atoms with E-state index in [0.717, 1.165) is 22.2 Å². The van der Waals surface area contributed by atoms with Crippen LogP contribution in [0.15, 0.2) is 44.9 Å². The van der Waals surface area contributed by atoms with Gasteiger partial charge in [-0.1, -0.05) is 31.5 Å². The molecule has 0 fully saturated rings. The number of alkyl carbamates (subject to hydrolysis) is 1. The molecule has 1 aromatic rings. The summed E-state index contributed by atoms with van der Waals surface area (Å²) in [5.41, 5.74) is 1.02. The van der Waals surface area contributed by atoms with Crippen LogP contribution in [-0.2, 0) is 4.74 Å². The Morgan fingerprint density at radius 3 is 2.79 bits per heavy atom. The molecule has 1 aromatic carbocycles. The Bertz CT molecular complexity index is 676. The van der Waals surface area contributed by atoms with Gasteiger partial charge in [-0.3, -0.25) is 0 Å². The summed E-state index contributed by atoms with van der Waals surface area (Å²) >= 11 is 7.74. The number of quaternary nitrogens is 1. The Hall–Kier alpha value is -1.50. The first-order chi connectivity index (χ1) is 11.4. The summed E-state index contributed by atoms with van der Waals surface area (Å²) in [6, 6.07) is 7.73. The number of amides is 1. The first-order valence-electron chi connectivity index (χ1n) is 7.86. The van der Waals surface area contributed by atoms with E-state index in [1.165, 1.54) is 0 Å². The van der Waals surface area contributed by atoms with E-state index in [2.05, 4.69) is 31.1 Å². The van der Waals surface area contributed by atoms with Crippen molar-refractivity contribution in [3.63, 3.8) is 0 Å². The largest absolute Gasteiger partial charge is 0.411 e. The highest BCUT2D eigenvalue weighted by molar-refractivity contribution is 8.02. The van der Waals surface area contributed by atoms with Gasteiger partial charge < -0.3 is 10.1 Å².